The number of benzene rings is 1. The van der Waals surface area contributed by atoms with Gasteiger partial charge >= 0.3 is 0 Å². The lowest BCUT2D eigenvalue weighted by molar-refractivity contribution is -0.122. The van der Waals surface area contributed by atoms with Crippen molar-refractivity contribution in [2.75, 3.05) is 13.7 Å². The zero-order valence-electron chi connectivity index (χ0n) is 12.9. The van der Waals surface area contributed by atoms with Crippen LogP contribution in [-0.4, -0.2) is 31.7 Å². The van der Waals surface area contributed by atoms with Crippen LogP contribution in [0.25, 0.3) is 0 Å². The van der Waals surface area contributed by atoms with Crippen LogP contribution in [0.1, 0.15) is 32.3 Å². The first-order valence-corrected chi connectivity index (χ1v) is 7.47. The Morgan fingerprint density at radius 3 is 2.76 bits per heavy atom. The van der Waals surface area contributed by atoms with Gasteiger partial charge in [0.05, 0.1) is 19.8 Å². The Balaban J connectivity index is 1.89. The van der Waals surface area contributed by atoms with Gasteiger partial charge in [0, 0.05) is 12.6 Å². The van der Waals surface area contributed by atoms with Gasteiger partial charge in [-0.25, -0.2) is 0 Å². The van der Waals surface area contributed by atoms with Crippen LogP contribution in [0.2, 0.25) is 0 Å². The van der Waals surface area contributed by atoms with Crippen molar-refractivity contribution in [3.8, 4) is 11.5 Å². The van der Waals surface area contributed by atoms with Gasteiger partial charge in [-0.15, -0.1) is 0 Å². The maximum absolute atomic E-state index is 11.9. The van der Waals surface area contributed by atoms with Crippen LogP contribution >= 0.6 is 0 Å². The highest BCUT2D eigenvalue weighted by atomic mass is 16.5. The Morgan fingerprint density at radius 2 is 2.14 bits per heavy atom. The standard InChI is InChI=1S/C16H24N2O3/c1-4-21-15-9-12(5-8-14(15)20-3)10-17-11(2)16(19)18-13-6-7-13/h5,8-9,11,13,17H,4,6-7,10H2,1-3H3,(H,18,19). The number of ether oxygens (including phenoxy) is 2. The molecule has 0 radical (unpaired) electrons. The fourth-order valence-electron chi connectivity index (χ4n) is 2.02. The summed E-state index contributed by atoms with van der Waals surface area (Å²) in [5.74, 6) is 1.52. The zero-order valence-corrected chi connectivity index (χ0v) is 12.9. The molecule has 0 heterocycles. The normalized spacial score (nSPS) is 15.4. The van der Waals surface area contributed by atoms with Crippen LogP contribution in [0, 0.1) is 0 Å². The monoisotopic (exact) mass is 292 g/mol. The van der Waals surface area contributed by atoms with Crippen molar-refractivity contribution in [1.82, 2.24) is 10.6 Å². The smallest absolute Gasteiger partial charge is 0.237 e. The van der Waals surface area contributed by atoms with Crippen LogP contribution in [0.3, 0.4) is 0 Å². The average molecular weight is 292 g/mol. The zero-order chi connectivity index (χ0) is 15.2. The van der Waals surface area contributed by atoms with Gasteiger partial charge in [-0.3, -0.25) is 4.79 Å². The highest BCUT2D eigenvalue weighted by molar-refractivity contribution is 5.81. The predicted octanol–water partition coefficient (Wildman–Crippen LogP) is 1.85. The summed E-state index contributed by atoms with van der Waals surface area (Å²) in [6.45, 7) is 5.02. The largest absolute Gasteiger partial charge is 0.493 e. The number of rotatable bonds is 8. The Kier molecular flexibility index (Phi) is 5.44. The van der Waals surface area contributed by atoms with Crippen LogP contribution in [0.4, 0.5) is 0 Å². The van der Waals surface area contributed by atoms with Gasteiger partial charge in [-0.2, -0.15) is 0 Å². The number of amides is 1. The van der Waals surface area contributed by atoms with E-state index in [-0.39, 0.29) is 11.9 Å². The maximum atomic E-state index is 11.9. The summed E-state index contributed by atoms with van der Waals surface area (Å²) in [6.07, 6.45) is 2.21. The van der Waals surface area contributed by atoms with E-state index < -0.39 is 0 Å². The lowest BCUT2D eigenvalue weighted by Crippen LogP contribution is -2.42. The lowest BCUT2D eigenvalue weighted by Gasteiger charge is -2.15. The molecule has 1 aromatic rings. The summed E-state index contributed by atoms with van der Waals surface area (Å²) in [7, 11) is 1.63. The van der Waals surface area contributed by atoms with E-state index in [0.29, 0.717) is 19.2 Å². The first-order chi connectivity index (χ1) is 10.1. The van der Waals surface area contributed by atoms with Gasteiger partial charge in [0.1, 0.15) is 0 Å². The topological polar surface area (TPSA) is 59.6 Å². The Morgan fingerprint density at radius 1 is 1.38 bits per heavy atom. The highest BCUT2D eigenvalue weighted by Gasteiger charge is 2.25. The minimum absolute atomic E-state index is 0.0658. The Labute approximate surface area is 126 Å². The third-order valence-corrected chi connectivity index (χ3v) is 3.46. The van der Waals surface area contributed by atoms with Gasteiger partial charge in [-0.05, 0) is 44.4 Å². The molecule has 1 atom stereocenters. The summed E-state index contributed by atoms with van der Waals surface area (Å²) in [4.78, 5) is 11.9. The quantitative estimate of drug-likeness (QED) is 0.768. The lowest BCUT2D eigenvalue weighted by atomic mass is 10.2. The van der Waals surface area contributed by atoms with Crippen LogP contribution < -0.4 is 20.1 Å². The Hall–Kier alpha value is -1.75. The van der Waals surface area contributed by atoms with Crippen molar-refractivity contribution in [3.63, 3.8) is 0 Å². The number of methoxy groups -OCH3 is 1. The van der Waals surface area contributed by atoms with Crippen LogP contribution in [0.15, 0.2) is 18.2 Å². The van der Waals surface area contributed by atoms with Crippen molar-refractivity contribution >= 4 is 5.91 Å². The fraction of sp³-hybridized carbons (Fsp3) is 0.562. The summed E-state index contributed by atoms with van der Waals surface area (Å²) < 4.78 is 10.8. The van der Waals surface area contributed by atoms with E-state index in [2.05, 4.69) is 10.6 Å². The molecular weight excluding hydrogens is 268 g/mol. The molecule has 0 aliphatic heterocycles. The second kappa shape index (κ2) is 7.31. The molecule has 5 heteroatoms. The molecule has 1 unspecified atom stereocenters. The molecule has 5 nitrogen and oxygen atoms in total. The fourth-order valence-corrected chi connectivity index (χ4v) is 2.02. The van der Waals surface area contributed by atoms with E-state index in [1.54, 1.807) is 7.11 Å². The van der Waals surface area contributed by atoms with E-state index in [0.717, 1.165) is 29.9 Å². The molecule has 1 fully saturated rings. The highest BCUT2D eigenvalue weighted by Crippen LogP contribution is 2.28. The van der Waals surface area contributed by atoms with Gasteiger partial charge in [-0.1, -0.05) is 6.07 Å². The molecule has 2 rings (SSSR count). The number of hydrogen-bond donors (Lipinski definition) is 2. The molecular formula is C16H24N2O3. The predicted molar refractivity (Wildman–Crippen MR) is 81.6 cm³/mol. The van der Waals surface area contributed by atoms with E-state index in [9.17, 15) is 4.79 Å². The minimum Gasteiger partial charge on any atom is -0.493 e. The maximum Gasteiger partial charge on any atom is 0.237 e. The molecule has 0 bridgehead atoms. The van der Waals surface area contributed by atoms with Crippen molar-refractivity contribution in [3.05, 3.63) is 23.8 Å². The SMILES string of the molecule is CCOc1cc(CNC(C)C(=O)NC2CC2)ccc1OC. The molecule has 0 saturated heterocycles. The molecule has 2 N–H and O–H groups in total. The molecule has 0 aromatic heterocycles. The molecule has 21 heavy (non-hydrogen) atoms. The van der Waals surface area contributed by atoms with Crippen molar-refractivity contribution in [2.24, 2.45) is 0 Å². The summed E-state index contributed by atoms with van der Waals surface area (Å²) in [5, 5.41) is 6.22. The minimum atomic E-state index is -0.205. The molecule has 116 valence electrons. The van der Waals surface area contributed by atoms with Crippen molar-refractivity contribution in [1.29, 1.82) is 0 Å². The van der Waals surface area contributed by atoms with Crippen molar-refractivity contribution < 1.29 is 14.3 Å². The van der Waals surface area contributed by atoms with E-state index in [1.807, 2.05) is 32.0 Å². The molecule has 1 aliphatic carbocycles. The summed E-state index contributed by atoms with van der Waals surface area (Å²) in [6, 6.07) is 5.99. The molecule has 1 saturated carbocycles. The van der Waals surface area contributed by atoms with Gasteiger partial charge in [0.2, 0.25) is 5.91 Å². The second-order valence-corrected chi connectivity index (χ2v) is 5.30. The number of hydrogen-bond acceptors (Lipinski definition) is 4. The molecule has 1 aromatic carbocycles. The summed E-state index contributed by atoms with van der Waals surface area (Å²) in [5.41, 5.74) is 1.06. The van der Waals surface area contributed by atoms with Gasteiger partial charge in [0.15, 0.2) is 11.5 Å². The third kappa shape index (κ3) is 4.63. The first kappa shape index (κ1) is 15.6. The van der Waals surface area contributed by atoms with Crippen LogP contribution in [0.5, 0.6) is 11.5 Å². The Bertz CT molecular complexity index is 486. The molecule has 1 amide bonds. The number of carbonyl (C=O) groups is 1. The third-order valence-electron chi connectivity index (χ3n) is 3.46. The van der Waals surface area contributed by atoms with Crippen LogP contribution in [-0.2, 0) is 11.3 Å². The van der Waals surface area contributed by atoms with E-state index >= 15 is 0 Å². The van der Waals surface area contributed by atoms with Gasteiger partial charge < -0.3 is 20.1 Å². The first-order valence-electron chi connectivity index (χ1n) is 7.47. The number of nitrogens with one attached hydrogen (secondary N) is 2. The number of carbonyl (C=O) groups excluding carboxylic acids is 1. The molecule has 0 spiro atoms. The van der Waals surface area contributed by atoms with E-state index in [1.165, 1.54) is 0 Å². The van der Waals surface area contributed by atoms with E-state index in [4.69, 9.17) is 9.47 Å². The summed E-state index contributed by atoms with van der Waals surface area (Å²) >= 11 is 0. The molecule has 1 aliphatic rings. The van der Waals surface area contributed by atoms with Gasteiger partial charge in [0.25, 0.3) is 0 Å². The second-order valence-electron chi connectivity index (χ2n) is 5.30. The average Bonchev–Trinajstić information content (AvgIpc) is 3.29. The van der Waals surface area contributed by atoms with Crippen molar-refractivity contribution in [2.45, 2.75) is 45.3 Å².